The number of hydrogen-bond acceptors (Lipinski definition) is 3. The molecule has 5 nitrogen and oxygen atoms in total. The van der Waals surface area contributed by atoms with Crippen molar-refractivity contribution in [3.05, 3.63) is 0 Å². The molecule has 0 aliphatic carbocycles. The van der Waals surface area contributed by atoms with Gasteiger partial charge in [0.2, 0.25) is 0 Å². The van der Waals surface area contributed by atoms with Crippen molar-refractivity contribution in [3.8, 4) is 0 Å². The number of carbonyl (C=O) groups is 2. The smallest absolute Gasteiger partial charge is 0.332 e. The van der Waals surface area contributed by atoms with Gasteiger partial charge in [0.05, 0.1) is 6.10 Å². The molecule has 4 atom stereocenters. The zero-order chi connectivity index (χ0) is 13.0. The molecule has 2 N–H and O–H groups in total. The minimum absolute atomic E-state index is 0.130. The summed E-state index contributed by atoms with van der Waals surface area (Å²) in [5.74, 6) is -1.38. The normalized spacial score (nSPS) is 33.1. The Morgan fingerprint density at radius 1 is 1.47 bits per heavy atom. The van der Waals surface area contributed by atoms with Gasteiger partial charge in [-0.2, -0.15) is 0 Å². The van der Waals surface area contributed by atoms with E-state index >= 15 is 0 Å². The number of alkyl halides is 1. The first kappa shape index (κ1) is 13.9. The molecule has 0 bridgehead atoms. The van der Waals surface area contributed by atoms with Crippen molar-refractivity contribution in [2.45, 2.75) is 32.5 Å². The highest BCUT2D eigenvalue weighted by molar-refractivity contribution is 5.77. The molecule has 1 rings (SSSR count). The number of carboxylic acids is 1. The molecule has 0 aromatic rings. The molecule has 1 amide bonds. The monoisotopic (exact) mass is 247 g/mol. The Balaban J connectivity index is 2.55. The van der Waals surface area contributed by atoms with Crippen molar-refractivity contribution in [1.82, 2.24) is 5.32 Å². The summed E-state index contributed by atoms with van der Waals surface area (Å²) in [4.78, 5) is 21.7. The quantitative estimate of drug-likeness (QED) is 0.762. The Hall–Kier alpha value is -1.17. The van der Waals surface area contributed by atoms with E-state index in [0.29, 0.717) is 6.42 Å². The molecule has 6 heteroatoms. The Kier molecular flexibility index (Phi) is 4.86. The first-order chi connectivity index (χ1) is 7.95. The van der Waals surface area contributed by atoms with E-state index in [1.807, 2.05) is 13.8 Å². The molecule has 0 radical (unpaired) electrons. The van der Waals surface area contributed by atoms with Gasteiger partial charge >= 0.3 is 5.97 Å². The molecule has 0 unspecified atom stereocenters. The minimum Gasteiger partial charge on any atom is -0.479 e. The van der Waals surface area contributed by atoms with E-state index in [0.717, 1.165) is 0 Å². The van der Waals surface area contributed by atoms with Gasteiger partial charge in [-0.15, -0.1) is 0 Å². The molecule has 98 valence electrons. The van der Waals surface area contributed by atoms with Crippen LogP contribution in [0.5, 0.6) is 0 Å². The van der Waals surface area contributed by atoms with E-state index in [1.165, 1.54) is 0 Å². The first-order valence-corrected chi connectivity index (χ1v) is 5.66. The van der Waals surface area contributed by atoms with Gasteiger partial charge in [0, 0.05) is 6.54 Å². The van der Waals surface area contributed by atoms with Crippen molar-refractivity contribution in [1.29, 1.82) is 0 Å². The maximum atomic E-state index is 12.0. The van der Waals surface area contributed by atoms with E-state index in [9.17, 15) is 14.0 Å². The lowest BCUT2D eigenvalue weighted by atomic mass is 9.83. The molecule has 1 fully saturated rings. The molecule has 17 heavy (non-hydrogen) atoms. The molecule has 0 aromatic carbocycles. The van der Waals surface area contributed by atoms with Crippen molar-refractivity contribution in [2.24, 2.45) is 11.8 Å². The Morgan fingerprint density at radius 2 is 2.12 bits per heavy atom. The topological polar surface area (TPSA) is 75.6 Å². The number of aliphatic carboxylic acids is 1. The van der Waals surface area contributed by atoms with Gasteiger partial charge in [0.25, 0.3) is 5.91 Å². The van der Waals surface area contributed by atoms with Crippen LogP contribution in [0.15, 0.2) is 0 Å². The molecule has 1 saturated heterocycles. The molecule has 1 aliphatic rings. The average Bonchev–Trinajstić information content (AvgIpc) is 2.30. The number of ether oxygens (including phenoxy) is 1. The predicted molar refractivity (Wildman–Crippen MR) is 58.2 cm³/mol. The summed E-state index contributed by atoms with van der Waals surface area (Å²) in [6.07, 6.45) is -0.756. The number of rotatable bonds is 4. The van der Waals surface area contributed by atoms with Crippen LogP contribution in [-0.4, -0.2) is 42.4 Å². The maximum Gasteiger partial charge on any atom is 0.332 e. The molecule has 1 aliphatic heterocycles. The Morgan fingerprint density at radius 3 is 2.65 bits per heavy atom. The van der Waals surface area contributed by atoms with Gasteiger partial charge in [-0.1, -0.05) is 13.8 Å². The second kappa shape index (κ2) is 5.95. The second-order valence-electron chi connectivity index (χ2n) is 4.51. The highest BCUT2D eigenvalue weighted by atomic mass is 19.1. The molecule has 0 saturated carbocycles. The van der Waals surface area contributed by atoms with Crippen LogP contribution in [0.3, 0.4) is 0 Å². The van der Waals surface area contributed by atoms with E-state index in [-0.39, 0.29) is 24.5 Å². The summed E-state index contributed by atoms with van der Waals surface area (Å²) in [6.45, 7) is 2.97. The zero-order valence-electron chi connectivity index (χ0n) is 9.98. The van der Waals surface area contributed by atoms with Gasteiger partial charge in [-0.05, 0) is 18.3 Å². The third-order valence-electron chi connectivity index (χ3n) is 3.31. The number of carboxylic acid groups (broad SMARTS) is 1. The summed E-state index contributed by atoms with van der Waals surface area (Å²) in [5, 5.41) is 11.3. The predicted octanol–water partition coefficient (Wildman–Crippen LogP) is 0.586. The number of carbonyl (C=O) groups excluding carboxylic acids is 1. The highest BCUT2D eigenvalue weighted by Crippen LogP contribution is 2.30. The summed E-state index contributed by atoms with van der Waals surface area (Å²) in [6, 6.07) is 0. The largest absolute Gasteiger partial charge is 0.479 e. The maximum absolute atomic E-state index is 12.0. The van der Waals surface area contributed by atoms with E-state index in [4.69, 9.17) is 9.84 Å². The van der Waals surface area contributed by atoms with Crippen LogP contribution in [0.25, 0.3) is 0 Å². The van der Waals surface area contributed by atoms with Gasteiger partial charge in [0.1, 0.15) is 0 Å². The highest BCUT2D eigenvalue weighted by Gasteiger charge is 2.36. The molecule has 0 aromatic heterocycles. The third-order valence-corrected chi connectivity index (χ3v) is 3.31. The fraction of sp³-hybridized carbons (Fsp3) is 0.818. The number of halogens is 1. The lowest BCUT2D eigenvalue weighted by Gasteiger charge is -2.37. The SMILES string of the molecule is C[C@@H]1[C@H](C)C[C@H](C(=O)O)O[C@@H]1CNC(=O)CF. The van der Waals surface area contributed by atoms with Gasteiger partial charge < -0.3 is 15.2 Å². The number of hydrogen-bond donors (Lipinski definition) is 2. The first-order valence-electron chi connectivity index (χ1n) is 5.66. The average molecular weight is 247 g/mol. The summed E-state index contributed by atoms with van der Waals surface area (Å²) < 4.78 is 17.4. The van der Waals surface area contributed by atoms with Gasteiger partial charge in [0.15, 0.2) is 12.8 Å². The van der Waals surface area contributed by atoms with Crippen LogP contribution in [0.1, 0.15) is 20.3 Å². The summed E-state index contributed by atoms with van der Waals surface area (Å²) in [7, 11) is 0. The summed E-state index contributed by atoms with van der Waals surface area (Å²) in [5.41, 5.74) is 0. The van der Waals surface area contributed by atoms with Crippen LogP contribution < -0.4 is 5.32 Å². The molecule has 0 spiro atoms. The minimum atomic E-state index is -1.07. The van der Waals surface area contributed by atoms with Crippen molar-refractivity contribution < 1.29 is 23.8 Å². The molecule has 1 heterocycles. The zero-order valence-corrected chi connectivity index (χ0v) is 9.98. The third kappa shape index (κ3) is 3.66. The van der Waals surface area contributed by atoms with Crippen LogP contribution in [-0.2, 0) is 14.3 Å². The lowest BCUT2D eigenvalue weighted by Crippen LogP contribution is -2.47. The van der Waals surface area contributed by atoms with Crippen LogP contribution >= 0.6 is 0 Å². The number of nitrogens with one attached hydrogen (secondary N) is 1. The van der Waals surface area contributed by atoms with Gasteiger partial charge in [-0.3, -0.25) is 4.79 Å². The molecular weight excluding hydrogens is 229 g/mol. The van der Waals surface area contributed by atoms with E-state index in [2.05, 4.69) is 5.32 Å². The number of amides is 1. The van der Waals surface area contributed by atoms with Crippen molar-refractivity contribution in [2.75, 3.05) is 13.2 Å². The second-order valence-corrected chi connectivity index (χ2v) is 4.51. The van der Waals surface area contributed by atoms with Crippen LogP contribution in [0.4, 0.5) is 4.39 Å². The summed E-state index contributed by atoms with van der Waals surface area (Å²) >= 11 is 0. The van der Waals surface area contributed by atoms with E-state index < -0.39 is 24.7 Å². The standard InChI is InChI=1S/C11H18FNO4/c1-6-3-8(11(15)16)17-9(7(6)2)5-13-10(14)4-12/h6-9H,3-5H2,1-2H3,(H,13,14)(H,15,16)/t6-,7-,8-,9-/m1/s1. The Labute approximate surface area is 99.3 Å². The molecular formula is C11H18FNO4. The lowest BCUT2D eigenvalue weighted by molar-refractivity contribution is -0.167. The Bertz CT molecular complexity index is 297. The van der Waals surface area contributed by atoms with Gasteiger partial charge in [-0.25, -0.2) is 9.18 Å². The van der Waals surface area contributed by atoms with Crippen LogP contribution in [0, 0.1) is 11.8 Å². The van der Waals surface area contributed by atoms with Crippen LogP contribution in [0.2, 0.25) is 0 Å². The van der Waals surface area contributed by atoms with Crippen molar-refractivity contribution in [3.63, 3.8) is 0 Å². The fourth-order valence-electron chi connectivity index (χ4n) is 1.96. The van der Waals surface area contributed by atoms with Crippen molar-refractivity contribution >= 4 is 11.9 Å². The fourth-order valence-corrected chi connectivity index (χ4v) is 1.96. The van der Waals surface area contributed by atoms with E-state index in [1.54, 1.807) is 0 Å².